The smallest absolute Gasteiger partial charge is 0.335 e. The molecule has 0 aliphatic heterocycles. The Morgan fingerprint density at radius 1 is 1.00 bits per heavy atom. The van der Waals surface area contributed by atoms with E-state index in [9.17, 15) is 14.7 Å². The van der Waals surface area contributed by atoms with E-state index < -0.39 is 17.1 Å². The summed E-state index contributed by atoms with van der Waals surface area (Å²) in [6.45, 7) is 0.296. The van der Waals surface area contributed by atoms with Gasteiger partial charge in [-0.3, -0.25) is 14.8 Å². The van der Waals surface area contributed by atoms with Crippen molar-refractivity contribution in [3.05, 3.63) is 80.5 Å². The highest BCUT2D eigenvalue weighted by atomic mass is 16.5. The van der Waals surface area contributed by atoms with E-state index in [1.807, 2.05) is 12.1 Å². The van der Waals surface area contributed by atoms with Gasteiger partial charge in [0, 0.05) is 6.21 Å². The maximum atomic E-state index is 12.2. The minimum absolute atomic E-state index is 0.107. The molecular formula is C20H19N3O5. The van der Waals surface area contributed by atoms with E-state index in [0.29, 0.717) is 18.0 Å². The van der Waals surface area contributed by atoms with Gasteiger partial charge in [-0.15, -0.1) is 0 Å². The van der Waals surface area contributed by atoms with E-state index in [0.717, 1.165) is 15.9 Å². The zero-order valence-corrected chi connectivity index (χ0v) is 15.4. The minimum Gasteiger partial charge on any atom is -0.497 e. The number of hydrogen-bond acceptors (Lipinski definition) is 6. The van der Waals surface area contributed by atoms with Gasteiger partial charge in [0.1, 0.15) is 17.1 Å². The highest BCUT2D eigenvalue weighted by molar-refractivity contribution is 5.82. The standard InChI is InChI=1S/C20H19N3O5/c1-27-15-7-3-13(4-8-15)11-21-12-17-18(24)22-20(26)23(19(17)25)14-5-9-16(28-2)10-6-14/h3-10,12,25H,11H2,1-2H3,(H,22,24,26). The first-order valence-electron chi connectivity index (χ1n) is 8.39. The molecule has 0 fully saturated rings. The van der Waals surface area contributed by atoms with Crippen LogP contribution in [0.25, 0.3) is 5.69 Å². The lowest BCUT2D eigenvalue weighted by Gasteiger charge is -2.10. The number of aliphatic imine (C=N–C) groups is 1. The predicted molar refractivity (Wildman–Crippen MR) is 105 cm³/mol. The van der Waals surface area contributed by atoms with Crippen molar-refractivity contribution in [3.8, 4) is 23.1 Å². The molecule has 0 radical (unpaired) electrons. The Hall–Kier alpha value is -3.81. The van der Waals surface area contributed by atoms with Crippen molar-refractivity contribution in [2.75, 3.05) is 14.2 Å². The average Bonchev–Trinajstić information content (AvgIpc) is 2.71. The molecule has 2 N–H and O–H groups in total. The van der Waals surface area contributed by atoms with E-state index in [4.69, 9.17) is 9.47 Å². The lowest BCUT2D eigenvalue weighted by atomic mass is 10.2. The highest BCUT2D eigenvalue weighted by Gasteiger charge is 2.14. The molecule has 8 nitrogen and oxygen atoms in total. The van der Waals surface area contributed by atoms with Crippen LogP contribution in [0, 0.1) is 0 Å². The Balaban J connectivity index is 1.92. The molecule has 0 aliphatic rings. The number of methoxy groups -OCH3 is 2. The molecule has 1 aromatic heterocycles. The lowest BCUT2D eigenvalue weighted by molar-refractivity contribution is 0.414. The zero-order valence-electron chi connectivity index (χ0n) is 15.4. The first-order valence-corrected chi connectivity index (χ1v) is 8.39. The number of H-pyrrole nitrogens is 1. The molecule has 0 saturated carbocycles. The van der Waals surface area contributed by atoms with E-state index >= 15 is 0 Å². The van der Waals surface area contributed by atoms with E-state index in [-0.39, 0.29) is 5.56 Å². The Morgan fingerprint density at radius 3 is 2.14 bits per heavy atom. The van der Waals surface area contributed by atoms with Gasteiger partial charge in [0.05, 0.1) is 26.5 Å². The van der Waals surface area contributed by atoms with Crippen LogP contribution in [-0.2, 0) is 6.54 Å². The summed E-state index contributed by atoms with van der Waals surface area (Å²) in [4.78, 5) is 30.7. The molecule has 3 rings (SSSR count). The maximum Gasteiger partial charge on any atom is 0.335 e. The quantitative estimate of drug-likeness (QED) is 0.634. The summed E-state index contributed by atoms with van der Waals surface area (Å²) >= 11 is 0. The fourth-order valence-corrected chi connectivity index (χ4v) is 2.60. The van der Waals surface area contributed by atoms with Crippen LogP contribution in [-0.4, -0.2) is 35.1 Å². The summed E-state index contributed by atoms with van der Waals surface area (Å²) in [5.74, 6) is 0.841. The van der Waals surface area contributed by atoms with Crippen LogP contribution >= 0.6 is 0 Å². The summed E-state index contributed by atoms with van der Waals surface area (Å²) in [6.07, 6.45) is 1.25. The number of rotatable bonds is 6. The number of aromatic amines is 1. The number of nitrogens with one attached hydrogen (secondary N) is 1. The molecule has 0 aliphatic carbocycles. The van der Waals surface area contributed by atoms with Gasteiger partial charge in [-0.25, -0.2) is 9.36 Å². The molecule has 0 saturated heterocycles. The van der Waals surface area contributed by atoms with Gasteiger partial charge in [0.2, 0.25) is 5.88 Å². The van der Waals surface area contributed by atoms with Gasteiger partial charge < -0.3 is 14.6 Å². The molecule has 0 atom stereocenters. The Kier molecular flexibility index (Phi) is 5.59. The van der Waals surface area contributed by atoms with Crippen molar-refractivity contribution in [3.63, 3.8) is 0 Å². The number of ether oxygens (including phenoxy) is 2. The third kappa shape index (κ3) is 3.96. The molecule has 0 bridgehead atoms. The summed E-state index contributed by atoms with van der Waals surface area (Å²) in [5.41, 5.74) is -0.296. The lowest BCUT2D eigenvalue weighted by Crippen LogP contribution is -2.31. The average molecular weight is 381 g/mol. The molecule has 144 valence electrons. The summed E-state index contributed by atoms with van der Waals surface area (Å²) < 4.78 is 11.2. The Labute approximate surface area is 160 Å². The van der Waals surface area contributed by atoms with Crippen LogP contribution in [0.4, 0.5) is 0 Å². The minimum atomic E-state index is -0.750. The highest BCUT2D eigenvalue weighted by Crippen LogP contribution is 2.18. The largest absolute Gasteiger partial charge is 0.497 e. The summed E-state index contributed by atoms with van der Waals surface area (Å²) in [7, 11) is 3.11. The molecule has 8 heteroatoms. The first kappa shape index (κ1) is 19.0. The molecule has 3 aromatic rings. The van der Waals surface area contributed by atoms with Gasteiger partial charge in [0.25, 0.3) is 5.56 Å². The topological polar surface area (TPSA) is 106 Å². The second kappa shape index (κ2) is 8.26. The number of aromatic hydroxyl groups is 1. The fourth-order valence-electron chi connectivity index (χ4n) is 2.60. The molecular weight excluding hydrogens is 362 g/mol. The maximum absolute atomic E-state index is 12.2. The van der Waals surface area contributed by atoms with Crippen LogP contribution in [0.3, 0.4) is 0 Å². The molecule has 0 amide bonds. The van der Waals surface area contributed by atoms with Crippen LogP contribution in [0.15, 0.2) is 63.1 Å². The second-order valence-corrected chi connectivity index (χ2v) is 5.85. The summed E-state index contributed by atoms with van der Waals surface area (Å²) in [5, 5.41) is 10.5. The number of aromatic nitrogens is 2. The van der Waals surface area contributed by atoms with Crippen LogP contribution in [0.1, 0.15) is 11.1 Å². The zero-order chi connectivity index (χ0) is 20.1. The van der Waals surface area contributed by atoms with Crippen LogP contribution in [0.5, 0.6) is 17.4 Å². The van der Waals surface area contributed by atoms with Gasteiger partial charge in [-0.1, -0.05) is 12.1 Å². The van der Waals surface area contributed by atoms with Crippen molar-refractivity contribution in [2.24, 2.45) is 4.99 Å². The third-order valence-electron chi connectivity index (χ3n) is 4.10. The molecule has 2 aromatic carbocycles. The van der Waals surface area contributed by atoms with Crippen molar-refractivity contribution >= 4 is 6.21 Å². The molecule has 28 heavy (non-hydrogen) atoms. The van der Waals surface area contributed by atoms with Gasteiger partial charge in [-0.2, -0.15) is 0 Å². The van der Waals surface area contributed by atoms with Crippen LogP contribution in [0.2, 0.25) is 0 Å². The SMILES string of the molecule is COc1ccc(CN=Cc2c(O)n(-c3ccc(OC)cc3)c(=O)[nH]c2=O)cc1. The number of hydrogen-bond donors (Lipinski definition) is 2. The third-order valence-corrected chi connectivity index (χ3v) is 4.10. The molecule has 1 heterocycles. The Morgan fingerprint density at radius 2 is 1.57 bits per heavy atom. The van der Waals surface area contributed by atoms with Gasteiger partial charge in [-0.05, 0) is 42.0 Å². The monoisotopic (exact) mass is 381 g/mol. The van der Waals surface area contributed by atoms with Crippen LogP contribution < -0.4 is 20.7 Å². The molecule has 0 spiro atoms. The van der Waals surface area contributed by atoms with Crippen molar-refractivity contribution in [1.29, 1.82) is 0 Å². The predicted octanol–water partition coefficient (Wildman–Crippen LogP) is 1.87. The van der Waals surface area contributed by atoms with Gasteiger partial charge >= 0.3 is 5.69 Å². The Bertz CT molecular complexity index is 1100. The summed E-state index contributed by atoms with van der Waals surface area (Å²) in [6, 6.07) is 13.8. The normalized spacial score (nSPS) is 10.9. The first-order chi connectivity index (χ1) is 13.5. The van der Waals surface area contributed by atoms with E-state index in [2.05, 4.69) is 9.98 Å². The van der Waals surface area contributed by atoms with Crippen molar-refractivity contribution in [1.82, 2.24) is 9.55 Å². The van der Waals surface area contributed by atoms with Gasteiger partial charge in [0.15, 0.2) is 0 Å². The van der Waals surface area contributed by atoms with Crippen molar-refractivity contribution in [2.45, 2.75) is 6.54 Å². The number of nitrogens with zero attached hydrogens (tertiary/aromatic N) is 2. The number of benzene rings is 2. The van der Waals surface area contributed by atoms with Crippen molar-refractivity contribution < 1.29 is 14.6 Å². The fraction of sp³-hybridized carbons (Fsp3) is 0.150. The molecule has 0 unspecified atom stereocenters. The van der Waals surface area contributed by atoms with E-state index in [1.54, 1.807) is 43.5 Å². The second-order valence-electron chi connectivity index (χ2n) is 5.85. The van der Waals surface area contributed by atoms with E-state index in [1.165, 1.54) is 13.3 Å².